The van der Waals surface area contributed by atoms with Gasteiger partial charge in [0, 0.05) is 22.0 Å². The fourth-order valence-corrected chi connectivity index (χ4v) is 4.13. The maximum atomic E-state index is 6.23. The molecule has 2 aromatic heterocycles. The Morgan fingerprint density at radius 3 is 2.65 bits per heavy atom. The first-order chi connectivity index (χ1) is 15.1. The van der Waals surface area contributed by atoms with E-state index < -0.39 is 0 Å². The summed E-state index contributed by atoms with van der Waals surface area (Å²) in [5, 5.41) is 8.44. The van der Waals surface area contributed by atoms with Gasteiger partial charge in [-0.3, -0.25) is 9.99 Å². The van der Waals surface area contributed by atoms with Crippen LogP contribution in [0, 0.1) is 13.8 Å². The zero-order valence-electron chi connectivity index (χ0n) is 17.2. The Kier molecular flexibility index (Phi) is 4.88. The second-order valence-electron chi connectivity index (χ2n) is 7.38. The van der Waals surface area contributed by atoms with Crippen LogP contribution in [0.25, 0.3) is 27.5 Å². The van der Waals surface area contributed by atoms with E-state index in [0.29, 0.717) is 10.8 Å². The Labute approximate surface area is 185 Å². The summed E-state index contributed by atoms with van der Waals surface area (Å²) in [7, 11) is 0. The quantitative estimate of drug-likeness (QED) is 0.272. The standard InChI is InChI=1S/C25H20ClN5/c1-16-17(2)31(21-11-6-10-20(26)13-21)25-23(16)24(27-15-28-25)30-29-14-19-9-5-8-18-7-3-4-12-22(18)19/h3-15H,1-2H3,(H,27,28,30). The number of benzene rings is 3. The Balaban J connectivity index is 1.55. The lowest BCUT2D eigenvalue weighted by Gasteiger charge is -2.08. The van der Waals surface area contributed by atoms with Crippen LogP contribution in [0.4, 0.5) is 5.82 Å². The Hall–Kier alpha value is -3.70. The molecule has 0 unspecified atom stereocenters. The Morgan fingerprint density at radius 1 is 0.968 bits per heavy atom. The third-order valence-electron chi connectivity index (χ3n) is 5.56. The molecule has 0 spiro atoms. The van der Waals surface area contributed by atoms with E-state index in [9.17, 15) is 0 Å². The number of hydrogen-bond acceptors (Lipinski definition) is 4. The number of aryl methyl sites for hydroxylation is 1. The van der Waals surface area contributed by atoms with Gasteiger partial charge in [-0.1, -0.05) is 60.1 Å². The maximum absolute atomic E-state index is 6.23. The molecule has 1 N–H and O–H groups in total. The first kappa shape index (κ1) is 19.3. The zero-order chi connectivity index (χ0) is 21.4. The summed E-state index contributed by atoms with van der Waals surface area (Å²) in [6, 6.07) is 22.2. The summed E-state index contributed by atoms with van der Waals surface area (Å²) in [5.74, 6) is 0.669. The highest BCUT2D eigenvalue weighted by molar-refractivity contribution is 6.30. The van der Waals surface area contributed by atoms with Gasteiger partial charge in [0.25, 0.3) is 0 Å². The molecule has 0 aliphatic rings. The molecule has 0 atom stereocenters. The predicted molar refractivity (Wildman–Crippen MR) is 129 cm³/mol. The third-order valence-corrected chi connectivity index (χ3v) is 5.79. The molecule has 0 saturated carbocycles. The van der Waals surface area contributed by atoms with Gasteiger partial charge < -0.3 is 0 Å². The largest absolute Gasteiger partial charge is 0.298 e. The summed E-state index contributed by atoms with van der Waals surface area (Å²) >= 11 is 6.23. The summed E-state index contributed by atoms with van der Waals surface area (Å²) in [6.45, 7) is 4.14. The predicted octanol–water partition coefficient (Wildman–Crippen LogP) is 6.29. The second-order valence-corrected chi connectivity index (χ2v) is 7.82. The first-order valence-electron chi connectivity index (χ1n) is 9.99. The zero-order valence-corrected chi connectivity index (χ0v) is 17.9. The summed E-state index contributed by atoms with van der Waals surface area (Å²) < 4.78 is 2.10. The minimum Gasteiger partial charge on any atom is -0.298 e. The lowest BCUT2D eigenvalue weighted by Crippen LogP contribution is -1.99. The number of halogens is 1. The number of hydrogen-bond donors (Lipinski definition) is 1. The Morgan fingerprint density at radius 2 is 1.77 bits per heavy atom. The van der Waals surface area contributed by atoms with Crippen LogP contribution in [0.1, 0.15) is 16.8 Å². The lowest BCUT2D eigenvalue weighted by atomic mass is 10.1. The molecule has 31 heavy (non-hydrogen) atoms. The molecule has 0 radical (unpaired) electrons. The highest BCUT2D eigenvalue weighted by atomic mass is 35.5. The highest BCUT2D eigenvalue weighted by Crippen LogP contribution is 2.31. The van der Waals surface area contributed by atoms with Gasteiger partial charge in [0.2, 0.25) is 0 Å². The second kappa shape index (κ2) is 7.85. The SMILES string of the molecule is Cc1c(C)n(-c2cccc(Cl)c2)c2ncnc(NN=Cc3cccc4ccccc34)c12. The van der Waals surface area contributed by atoms with Gasteiger partial charge in [-0.25, -0.2) is 9.97 Å². The van der Waals surface area contributed by atoms with Crippen LogP contribution in [0.15, 0.2) is 78.2 Å². The van der Waals surface area contributed by atoms with E-state index in [1.54, 1.807) is 6.33 Å². The van der Waals surface area contributed by atoms with Crippen molar-refractivity contribution in [2.75, 3.05) is 5.43 Å². The van der Waals surface area contributed by atoms with Gasteiger partial charge in [0.05, 0.1) is 11.6 Å². The smallest absolute Gasteiger partial charge is 0.159 e. The molecule has 5 nitrogen and oxygen atoms in total. The van der Waals surface area contributed by atoms with Crippen LogP contribution >= 0.6 is 11.6 Å². The number of hydrazone groups is 1. The third kappa shape index (κ3) is 3.43. The number of nitrogens with zero attached hydrogens (tertiary/aromatic N) is 4. The first-order valence-corrected chi connectivity index (χ1v) is 10.4. The molecule has 6 heteroatoms. The summed E-state index contributed by atoms with van der Waals surface area (Å²) in [5.41, 5.74) is 8.12. The van der Waals surface area contributed by atoms with Crippen molar-refractivity contribution >= 4 is 45.4 Å². The highest BCUT2D eigenvalue weighted by Gasteiger charge is 2.17. The van der Waals surface area contributed by atoms with Crippen molar-refractivity contribution in [2.24, 2.45) is 5.10 Å². The molecule has 2 heterocycles. The molecule has 0 aliphatic carbocycles. The van der Waals surface area contributed by atoms with Crippen LogP contribution in [0.2, 0.25) is 5.02 Å². The summed E-state index contributed by atoms with van der Waals surface area (Å²) in [6.07, 6.45) is 3.38. The molecule has 5 rings (SSSR count). The molecule has 3 aromatic carbocycles. The van der Waals surface area contributed by atoms with E-state index in [1.165, 1.54) is 5.39 Å². The minimum absolute atomic E-state index is 0.669. The van der Waals surface area contributed by atoms with Crippen molar-refractivity contribution in [1.29, 1.82) is 0 Å². The van der Waals surface area contributed by atoms with Gasteiger partial charge >= 0.3 is 0 Å². The molecule has 0 saturated heterocycles. The normalized spacial score (nSPS) is 11.6. The monoisotopic (exact) mass is 425 g/mol. The molecule has 152 valence electrons. The lowest BCUT2D eigenvalue weighted by molar-refractivity contribution is 1.01. The van der Waals surface area contributed by atoms with E-state index in [2.05, 4.69) is 57.1 Å². The average Bonchev–Trinajstić information content (AvgIpc) is 3.05. The van der Waals surface area contributed by atoms with E-state index >= 15 is 0 Å². The van der Waals surface area contributed by atoms with E-state index in [-0.39, 0.29) is 0 Å². The fourth-order valence-electron chi connectivity index (χ4n) is 3.94. The van der Waals surface area contributed by atoms with Crippen molar-refractivity contribution in [3.63, 3.8) is 0 Å². The molecular formula is C25H20ClN5. The van der Waals surface area contributed by atoms with E-state index in [4.69, 9.17) is 11.6 Å². The van der Waals surface area contributed by atoms with Crippen LogP contribution in [0.5, 0.6) is 0 Å². The topological polar surface area (TPSA) is 55.1 Å². The average molecular weight is 426 g/mol. The summed E-state index contributed by atoms with van der Waals surface area (Å²) in [4.78, 5) is 9.01. The Bertz CT molecular complexity index is 1450. The van der Waals surface area contributed by atoms with Crippen molar-refractivity contribution in [3.05, 3.63) is 94.9 Å². The molecule has 0 aliphatic heterocycles. The van der Waals surface area contributed by atoms with Crippen LogP contribution in [0.3, 0.4) is 0 Å². The van der Waals surface area contributed by atoms with Gasteiger partial charge in [0.15, 0.2) is 11.5 Å². The van der Waals surface area contributed by atoms with Crippen LogP contribution in [-0.4, -0.2) is 20.7 Å². The molecule has 5 aromatic rings. The van der Waals surface area contributed by atoms with E-state index in [0.717, 1.165) is 38.9 Å². The van der Waals surface area contributed by atoms with Crippen molar-refractivity contribution in [2.45, 2.75) is 13.8 Å². The van der Waals surface area contributed by atoms with E-state index in [1.807, 2.05) is 54.7 Å². The van der Waals surface area contributed by atoms with Crippen molar-refractivity contribution < 1.29 is 0 Å². The number of nitrogens with one attached hydrogen (secondary N) is 1. The molecule has 0 fully saturated rings. The number of anilines is 1. The van der Waals surface area contributed by atoms with Gasteiger partial charge in [-0.05, 0) is 48.4 Å². The van der Waals surface area contributed by atoms with Gasteiger partial charge in [-0.2, -0.15) is 5.10 Å². The number of aromatic nitrogens is 3. The van der Waals surface area contributed by atoms with Gasteiger partial charge in [-0.15, -0.1) is 0 Å². The van der Waals surface area contributed by atoms with Gasteiger partial charge in [0.1, 0.15) is 6.33 Å². The number of rotatable bonds is 4. The maximum Gasteiger partial charge on any atom is 0.159 e. The molecule has 0 amide bonds. The van der Waals surface area contributed by atoms with Crippen molar-refractivity contribution in [3.8, 4) is 5.69 Å². The number of fused-ring (bicyclic) bond motifs is 2. The van der Waals surface area contributed by atoms with Crippen molar-refractivity contribution in [1.82, 2.24) is 14.5 Å². The molecule has 0 bridgehead atoms. The fraction of sp³-hybridized carbons (Fsp3) is 0.0800. The van der Waals surface area contributed by atoms with Crippen LogP contribution < -0.4 is 5.43 Å². The molecular weight excluding hydrogens is 406 g/mol. The van der Waals surface area contributed by atoms with Crippen LogP contribution in [-0.2, 0) is 0 Å². The minimum atomic E-state index is 0.669.